The van der Waals surface area contributed by atoms with E-state index in [4.69, 9.17) is 32.7 Å². The fourth-order valence-electron chi connectivity index (χ4n) is 3.51. The zero-order chi connectivity index (χ0) is 27.2. The molecule has 0 atom stereocenters. The minimum absolute atomic E-state index is 0.115. The first kappa shape index (κ1) is 27.5. The molecule has 0 unspecified atom stereocenters. The number of imide groups is 1. The van der Waals surface area contributed by atoms with Crippen LogP contribution in [0.15, 0.2) is 65.6 Å². The van der Waals surface area contributed by atoms with Crippen molar-refractivity contribution in [3.05, 3.63) is 92.6 Å². The molecule has 1 aliphatic heterocycles. The van der Waals surface area contributed by atoms with Crippen molar-refractivity contribution in [2.75, 3.05) is 18.5 Å². The third-order valence-electron chi connectivity index (χ3n) is 5.23. The van der Waals surface area contributed by atoms with Gasteiger partial charge in [-0.05, 0) is 66.2 Å². The monoisotopic (exact) mass is 574 g/mol. The Morgan fingerprint density at radius 1 is 1.05 bits per heavy atom. The average molecular weight is 575 g/mol. The van der Waals surface area contributed by atoms with E-state index in [0.717, 1.165) is 16.5 Å². The van der Waals surface area contributed by atoms with Gasteiger partial charge in [-0.15, -0.1) is 0 Å². The van der Waals surface area contributed by atoms with E-state index in [1.165, 1.54) is 18.2 Å². The molecular formula is C27H21Cl2FN2O5S. The summed E-state index contributed by atoms with van der Waals surface area (Å²) in [5.41, 5.74) is 1.70. The van der Waals surface area contributed by atoms with Crippen LogP contribution in [-0.4, -0.2) is 35.1 Å². The predicted octanol–water partition coefficient (Wildman–Crippen LogP) is 6.79. The van der Waals surface area contributed by atoms with Crippen LogP contribution in [0.2, 0.25) is 10.0 Å². The molecular weight excluding hydrogens is 554 g/mol. The molecule has 0 bridgehead atoms. The highest BCUT2D eigenvalue weighted by Crippen LogP contribution is 2.39. The molecule has 1 N–H and O–H groups in total. The fourth-order valence-corrected chi connectivity index (χ4v) is 4.80. The van der Waals surface area contributed by atoms with Gasteiger partial charge in [0.15, 0.2) is 11.5 Å². The molecule has 7 nitrogen and oxygen atoms in total. The van der Waals surface area contributed by atoms with Crippen molar-refractivity contribution in [3.8, 4) is 11.5 Å². The number of anilines is 1. The van der Waals surface area contributed by atoms with Crippen molar-refractivity contribution in [1.82, 2.24) is 4.90 Å². The Morgan fingerprint density at radius 2 is 1.82 bits per heavy atom. The molecule has 3 aromatic carbocycles. The summed E-state index contributed by atoms with van der Waals surface area (Å²) in [6, 6.07) is 16.5. The van der Waals surface area contributed by atoms with E-state index in [1.54, 1.807) is 12.1 Å². The van der Waals surface area contributed by atoms with Crippen LogP contribution in [-0.2, 0) is 16.2 Å². The number of nitrogens with one attached hydrogen (secondary N) is 1. The number of rotatable bonds is 9. The summed E-state index contributed by atoms with van der Waals surface area (Å²) in [4.78, 5) is 38.7. The normalized spacial score (nSPS) is 14.2. The highest BCUT2D eigenvalue weighted by Gasteiger charge is 2.36. The van der Waals surface area contributed by atoms with Gasteiger partial charge < -0.3 is 14.8 Å². The lowest BCUT2D eigenvalue weighted by atomic mass is 10.1. The summed E-state index contributed by atoms with van der Waals surface area (Å²) in [5.74, 6) is -1.16. The number of benzene rings is 3. The van der Waals surface area contributed by atoms with Crippen molar-refractivity contribution in [2.24, 2.45) is 0 Å². The number of amides is 3. The first-order valence-electron chi connectivity index (χ1n) is 11.4. The second kappa shape index (κ2) is 12.3. The van der Waals surface area contributed by atoms with Crippen molar-refractivity contribution >= 4 is 63.8 Å². The van der Waals surface area contributed by atoms with Crippen LogP contribution in [0.3, 0.4) is 0 Å². The maximum Gasteiger partial charge on any atom is 0.294 e. The average Bonchev–Trinajstić information content (AvgIpc) is 3.13. The van der Waals surface area contributed by atoms with Crippen LogP contribution < -0.4 is 14.8 Å². The number of carbonyl (C=O) groups is 3. The zero-order valence-electron chi connectivity index (χ0n) is 20.0. The SMILES string of the molecule is CCOc1cc(/C=C2\SC(=O)N(CC(=O)Nc3ccc(F)c(Cl)c3)C2=O)cc(Cl)c1OCc1ccccc1. The Balaban J connectivity index is 1.48. The predicted molar refractivity (Wildman–Crippen MR) is 146 cm³/mol. The molecule has 3 amide bonds. The van der Waals surface area contributed by atoms with Gasteiger partial charge in [0, 0.05) is 5.69 Å². The van der Waals surface area contributed by atoms with Gasteiger partial charge in [-0.3, -0.25) is 19.3 Å². The summed E-state index contributed by atoms with van der Waals surface area (Å²) in [5, 5.41) is 1.99. The molecule has 0 aliphatic carbocycles. The maximum absolute atomic E-state index is 13.3. The second-order valence-corrected chi connectivity index (χ2v) is 9.79. The van der Waals surface area contributed by atoms with Crippen molar-refractivity contribution in [3.63, 3.8) is 0 Å². The first-order valence-corrected chi connectivity index (χ1v) is 13.0. The Bertz CT molecular complexity index is 1420. The summed E-state index contributed by atoms with van der Waals surface area (Å²) in [7, 11) is 0. The van der Waals surface area contributed by atoms with Gasteiger partial charge >= 0.3 is 0 Å². The maximum atomic E-state index is 13.3. The molecule has 1 aliphatic rings. The highest BCUT2D eigenvalue weighted by atomic mass is 35.5. The van der Waals surface area contributed by atoms with E-state index in [1.807, 2.05) is 37.3 Å². The molecule has 0 saturated carbocycles. The van der Waals surface area contributed by atoms with E-state index in [0.29, 0.717) is 35.4 Å². The van der Waals surface area contributed by atoms with Gasteiger partial charge in [0.05, 0.1) is 21.6 Å². The van der Waals surface area contributed by atoms with Gasteiger partial charge in [-0.25, -0.2) is 4.39 Å². The van der Waals surface area contributed by atoms with Gasteiger partial charge in [0.2, 0.25) is 5.91 Å². The molecule has 0 radical (unpaired) electrons. The Morgan fingerprint density at radius 3 is 2.53 bits per heavy atom. The lowest BCUT2D eigenvalue weighted by Gasteiger charge is -2.15. The van der Waals surface area contributed by atoms with Crippen LogP contribution in [0.5, 0.6) is 11.5 Å². The van der Waals surface area contributed by atoms with Gasteiger partial charge in [-0.1, -0.05) is 53.5 Å². The minimum atomic E-state index is -0.641. The lowest BCUT2D eigenvalue weighted by molar-refractivity contribution is -0.127. The largest absolute Gasteiger partial charge is 0.490 e. The summed E-state index contributed by atoms with van der Waals surface area (Å²) < 4.78 is 25.0. The van der Waals surface area contributed by atoms with E-state index in [9.17, 15) is 18.8 Å². The summed E-state index contributed by atoms with van der Waals surface area (Å²) in [6.07, 6.45) is 1.50. The highest BCUT2D eigenvalue weighted by molar-refractivity contribution is 8.18. The molecule has 0 spiro atoms. The van der Waals surface area contributed by atoms with E-state index in [-0.39, 0.29) is 27.2 Å². The number of thioether (sulfide) groups is 1. The Labute approximate surface area is 232 Å². The standard InChI is InChI=1S/C27H21Cl2FN2O5S/c1-2-36-22-11-17(10-20(29)25(22)37-15-16-6-4-3-5-7-16)12-23-26(34)32(27(35)38-23)14-24(33)31-18-8-9-21(30)19(28)13-18/h3-13H,2,14-15H2,1H3,(H,31,33)/b23-12-. The molecule has 1 heterocycles. The van der Waals surface area contributed by atoms with Crippen LogP contribution >= 0.6 is 35.0 Å². The molecule has 196 valence electrons. The van der Waals surface area contributed by atoms with Crippen LogP contribution in [0.4, 0.5) is 14.9 Å². The molecule has 0 aromatic heterocycles. The Hall–Kier alpha value is -3.53. The summed E-state index contributed by atoms with van der Waals surface area (Å²) >= 11 is 12.9. The number of nitrogens with zero attached hydrogens (tertiary/aromatic N) is 1. The van der Waals surface area contributed by atoms with Crippen molar-refractivity contribution in [2.45, 2.75) is 13.5 Å². The van der Waals surface area contributed by atoms with E-state index in [2.05, 4.69) is 5.32 Å². The smallest absolute Gasteiger partial charge is 0.294 e. The third-order valence-corrected chi connectivity index (χ3v) is 6.71. The van der Waals surface area contributed by atoms with Crippen LogP contribution in [0.1, 0.15) is 18.1 Å². The molecule has 11 heteroatoms. The van der Waals surface area contributed by atoms with Crippen molar-refractivity contribution < 1.29 is 28.2 Å². The number of hydrogen-bond donors (Lipinski definition) is 1. The topological polar surface area (TPSA) is 84.9 Å². The quantitative estimate of drug-likeness (QED) is 0.283. The van der Waals surface area contributed by atoms with Crippen LogP contribution in [0, 0.1) is 5.82 Å². The van der Waals surface area contributed by atoms with E-state index < -0.39 is 29.4 Å². The fraction of sp³-hybridized carbons (Fsp3) is 0.148. The summed E-state index contributed by atoms with van der Waals surface area (Å²) in [6.45, 7) is 1.93. The zero-order valence-corrected chi connectivity index (χ0v) is 22.3. The number of halogens is 3. The molecule has 4 rings (SSSR count). The van der Waals surface area contributed by atoms with Gasteiger partial charge in [-0.2, -0.15) is 0 Å². The number of carbonyl (C=O) groups excluding carboxylic acids is 3. The number of ether oxygens (including phenoxy) is 2. The Kier molecular flexibility index (Phi) is 8.93. The molecule has 3 aromatic rings. The van der Waals surface area contributed by atoms with Gasteiger partial charge in [0.1, 0.15) is 19.0 Å². The molecule has 1 fully saturated rings. The molecule has 1 saturated heterocycles. The third kappa shape index (κ3) is 6.66. The first-order chi connectivity index (χ1) is 18.2. The minimum Gasteiger partial charge on any atom is -0.490 e. The van der Waals surface area contributed by atoms with Gasteiger partial charge in [0.25, 0.3) is 11.1 Å². The number of hydrogen-bond acceptors (Lipinski definition) is 6. The van der Waals surface area contributed by atoms with Crippen LogP contribution in [0.25, 0.3) is 6.08 Å². The lowest BCUT2D eigenvalue weighted by Crippen LogP contribution is -2.36. The van der Waals surface area contributed by atoms with E-state index >= 15 is 0 Å². The van der Waals surface area contributed by atoms with Crippen molar-refractivity contribution in [1.29, 1.82) is 0 Å². The second-order valence-electron chi connectivity index (χ2n) is 7.98. The molecule has 38 heavy (non-hydrogen) atoms.